The molecule has 0 spiro atoms. The summed E-state index contributed by atoms with van der Waals surface area (Å²) in [4.78, 5) is 75.9. The molecule has 11 heteroatoms. The third kappa shape index (κ3) is 10.5. The van der Waals surface area contributed by atoms with Crippen LogP contribution in [0.15, 0.2) is 0 Å². The van der Waals surface area contributed by atoms with E-state index in [1.165, 1.54) is 0 Å². The van der Waals surface area contributed by atoms with E-state index < -0.39 is 65.9 Å². The van der Waals surface area contributed by atoms with Crippen LogP contribution in [-0.2, 0) is 63.3 Å². The van der Waals surface area contributed by atoms with Crippen molar-refractivity contribution in [2.24, 2.45) is 0 Å². The standard InChI is InChI=1S/3C6H9O3.C3H7O.Ti/c3*1-2-9-5-6(8)3-4-7;1-2-3-4;/h3*2-3,5H2,1H3;2-3H2,1H3;/q;;;-1;+1. The predicted octanol–water partition coefficient (Wildman–Crippen LogP) is 1.05. The van der Waals surface area contributed by atoms with Crippen LogP contribution >= 0.6 is 0 Å². The number of ether oxygens (including phenoxy) is 3. The van der Waals surface area contributed by atoms with Gasteiger partial charge in [0.1, 0.15) is 0 Å². The van der Waals surface area contributed by atoms with Gasteiger partial charge in [-0.1, -0.05) is 0 Å². The molecule has 0 aliphatic carbocycles. The Morgan fingerprint density at radius 1 is 0.562 bits per heavy atom. The monoisotopic (exact) mass is 494 g/mol. The van der Waals surface area contributed by atoms with Crippen LogP contribution in [0.5, 0.6) is 0 Å². The van der Waals surface area contributed by atoms with Gasteiger partial charge in [-0.25, -0.2) is 0 Å². The van der Waals surface area contributed by atoms with Crippen molar-refractivity contribution in [3.63, 3.8) is 0 Å². The van der Waals surface area contributed by atoms with Gasteiger partial charge in [-0.15, -0.1) is 0 Å². The summed E-state index contributed by atoms with van der Waals surface area (Å²) < 4.78 is 17.8. The van der Waals surface area contributed by atoms with E-state index in [2.05, 4.69) is 0 Å². The molecule has 0 heterocycles. The van der Waals surface area contributed by atoms with Crippen molar-refractivity contribution >= 4 is 29.6 Å². The molecule has 0 aromatic heterocycles. The van der Waals surface area contributed by atoms with Crippen molar-refractivity contribution < 1.29 is 63.3 Å². The summed E-state index contributed by atoms with van der Waals surface area (Å²) in [5.41, 5.74) is 0. The summed E-state index contributed by atoms with van der Waals surface area (Å²) in [5, 5.41) is 0. The summed E-state index contributed by atoms with van der Waals surface area (Å²) in [6.45, 7) is 6.29. The Morgan fingerprint density at radius 2 is 0.875 bits per heavy atom. The summed E-state index contributed by atoms with van der Waals surface area (Å²) >= 11 is -5.36. The van der Waals surface area contributed by atoms with E-state index in [4.69, 9.17) is 17.5 Å². The molecule has 0 saturated heterocycles. The van der Waals surface area contributed by atoms with Crippen LogP contribution in [0.2, 0.25) is 0 Å². The van der Waals surface area contributed by atoms with Crippen LogP contribution < -0.4 is 0 Å². The first-order valence-corrected chi connectivity index (χ1v) is 13.7. The molecule has 182 valence electrons. The molecule has 0 N–H and O–H groups in total. The molecule has 0 radical (unpaired) electrons. The van der Waals surface area contributed by atoms with Crippen molar-refractivity contribution in [3.05, 3.63) is 0 Å². The third-order valence-electron chi connectivity index (χ3n) is 4.18. The number of Topliss-reactive ketones (excluding diaryl/α,β-unsaturated/α-hetero) is 3. The fraction of sp³-hybridized carbons (Fsp3) is 0.714. The Morgan fingerprint density at radius 3 is 1.12 bits per heavy atom. The van der Waals surface area contributed by atoms with Gasteiger partial charge in [-0.05, 0) is 0 Å². The van der Waals surface area contributed by atoms with Crippen molar-refractivity contribution in [2.75, 3.05) is 46.2 Å². The van der Waals surface area contributed by atoms with Crippen LogP contribution in [0, 0.1) is 0 Å². The van der Waals surface area contributed by atoms with Gasteiger partial charge in [-0.2, -0.15) is 0 Å². The molecule has 0 aromatic rings. The maximum atomic E-state index is 13.2. The molecule has 0 aliphatic heterocycles. The average molecular weight is 494 g/mol. The second kappa shape index (κ2) is 17.1. The van der Waals surface area contributed by atoms with Crippen LogP contribution in [0.25, 0.3) is 0 Å². The van der Waals surface area contributed by atoms with Gasteiger partial charge >= 0.3 is 193 Å². The Hall–Kier alpha value is -1.43. The minimum absolute atomic E-state index is 0.0951. The SMILES string of the molecule is CCC[O][Ti]([C](=O)CC(=O)COCC)([C](=O)CC(=O)COCC)[C](=O)CC(=O)COCC. The van der Waals surface area contributed by atoms with Crippen LogP contribution in [0.1, 0.15) is 53.4 Å². The Bertz CT molecular complexity index is 590. The quantitative estimate of drug-likeness (QED) is 0.168. The fourth-order valence-corrected chi connectivity index (χ4v) is 7.77. The normalized spacial score (nSPS) is 11.2. The molecule has 0 unspecified atom stereocenters. The Balaban J connectivity index is 5.99. The van der Waals surface area contributed by atoms with E-state index in [9.17, 15) is 28.8 Å². The van der Waals surface area contributed by atoms with E-state index in [-0.39, 0.29) is 46.2 Å². The van der Waals surface area contributed by atoms with Gasteiger partial charge in [-0.3, -0.25) is 0 Å². The van der Waals surface area contributed by atoms with Crippen LogP contribution in [0.3, 0.4) is 0 Å². The van der Waals surface area contributed by atoms with E-state index >= 15 is 0 Å². The molecule has 0 amide bonds. The Kier molecular flexibility index (Phi) is 16.3. The van der Waals surface area contributed by atoms with E-state index in [0.717, 1.165) is 0 Å². The number of ketones is 3. The molecular weight excluding hydrogens is 460 g/mol. The van der Waals surface area contributed by atoms with Crippen LogP contribution in [-0.4, -0.2) is 75.9 Å². The van der Waals surface area contributed by atoms with E-state index in [1.807, 2.05) is 0 Å². The van der Waals surface area contributed by atoms with Crippen LogP contribution in [0.4, 0.5) is 0 Å². The van der Waals surface area contributed by atoms with Gasteiger partial charge in [0.05, 0.1) is 0 Å². The van der Waals surface area contributed by atoms with Crippen molar-refractivity contribution in [3.8, 4) is 0 Å². The van der Waals surface area contributed by atoms with Gasteiger partial charge in [0.2, 0.25) is 0 Å². The molecule has 0 aromatic carbocycles. The number of rotatable bonds is 21. The number of carbonyl (C=O) groups is 6. The van der Waals surface area contributed by atoms with E-state index in [1.54, 1.807) is 27.7 Å². The first kappa shape index (κ1) is 30.6. The summed E-state index contributed by atoms with van der Waals surface area (Å²) in [7, 11) is 0. The number of hydrogen-bond acceptors (Lipinski definition) is 10. The molecule has 10 nitrogen and oxygen atoms in total. The zero-order chi connectivity index (χ0) is 24.6. The van der Waals surface area contributed by atoms with Gasteiger partial charge < -0.3 is 0 Å². The topological polar surface area (TPSA) is 139 Å². The number of carbonyl (C=O) groups excluding carboxylic acids is 6. The Labute approximate surface area is 192 Å². The first-order chi connectivity index (χ1) is 15.2. The summed E-state index contributed by atoms with van der Waals surface area (Å²) in [6.07, 6.45) is -1.82. The van der Waals surface area contributed by atoms with Crippen molar-refractivity contribution in [1.29, 1.82) is 0 Å². The molecule has 32 heavy (non-hydrogen) atoms. The summed E-state index contributed by atoms with van der Waals surface area (Å²) in [5.74, 6) is -1.85. The average Bonchev–Trinajstić information content (AvgIpc) is 2.75. The van der Waals surface area contributed by atoms with Gasteiger partial charge in [0.15, 0.2) is 0 Å². The molecule has 0 saturated carbocycles. The predicted molar refractivity (Wildman–Crippen MR) is 110 cm³/mol. The molecular formula is C21H34O10Ti. The first-order valence-electron chi connectivity index (χ1n) is 10.7. The summed E-state index contributed by atoms with van der Waals surface area (Å²) in [6, 6.07) is 0. The molecule has 0 fully saturated rings. The third-order valence-corrected chi connectivity index (χ3v) is 9.68. The molecule has 0 rings (SSSR count). The second-order valence-corrected chi connectivity index (χ2v) is 12.0. The minimum atomic E-state index is -5.36. The zero-order valence-electron chi connectivity index (χ0n) is 19.4. The van der Waals surface area contributed by atoms with E-state index in [0.29, 0.717) is 6.42 Å². The zero-order valence-corrected chi connectivity index (χ0v) is 20.9. The van der Waals surface area contributed by atoms with Gasteiger partial charge in [0, 0.05) is 0 Å². The van der Waals surface area contributed by atoms with Gasteiger partial charge in [0.25, 0.3) is 0 Å². The molecule has 0 bridgehead atoms. The second-order valence-electron chi connectivity index (χ2n) is 6.86. The molecule has 0 aliphatic rings. The van der Waals surface area contributed by atoms with Crippen molar-refractivity contribution in [2.45, 2.75) is 53.4 Å². The van der Waals surface area contributed by atoms with Crippen molar-refractivity contribution in [1.82, 2.24) is 0 Å². The number of hydrogen-bond donors (Lipinski definition) is 0. The molecule has 0 atom stereocenters. The fourth-order valence-electron chi connectivity index (χ4n) is 2.67. The maximum absolute atomic E-state index is 13.2.